The van der Waals surface area contributed by atoms with Crippen molar-refractivity contribution in [1.82, 2.24) is 5.43 Å². The molecule has 2 aromatic heterocycles. The van der Waals surface area contributed by atoms with Crippen LogP contribution in [0.3, 0.4) is 0 Å². The molecule has 0 spiro atoms. The summed E-state index contributed by atoms with van der Waals surface area (Å²) in [5.41, 5.74) is 3.42. The van der Waals surface area contributed by atoms with Crippen LogP contribution in [0.25, 0.3) is 11.3 Å². The smallest absolute Gasteiger partial charge is 0.277 e. The SMILES string of the molecule is S=C(NN=Cc1ccc(-c2ccc(Cl)c(Cl)c2)o1)OCc1ccco1. The number of thiocarbonyl (C=S) groups is 1. The zero-order valence-corrected chi connectivity index (χ0v) is 15.1. The molecule has 3 aromatic rings. The Morgan fingerprint density at radius 1 is 1.20 bits per heavy atom. The molecule has 0 fully saturated rings. The highest BCUT2D eigenvalue weighted by molar-refractivity contribution is 7.80. The summed E-state index contributed by atoms with van der Waals surface area (Å²) in [5, 5.41) is 5.05. The fourth-order valence-electron chi connectivity index (χ4n) is 1.94. The van der Waals surface area contributed by atoms with Crippen molar-refractivity contribution in [3.8, 4) is 11.3 Å². The number of hydrogen-bond acceptors (Lipinski definition) is 5. The highest BCUT2D eigenvalue weighted by Crippen LogP contribution is 2.29. The Labute approximate surface area is 159 Å². The molecular formula is C17H12Cl2N2O3S. The lowest BCUT2D eigenvalue weighted by molar-refractivity contribution is 0.254. The van der Waals surface area contributed by atoms with E-state index in [4.69, 9.17) is 49.0 Å². The highest BCUT2D eigenvalue weighted by Gasteiger charge is 2.06. The number of hydrogen-bond donors (Lipinski definition) is 1. The van der Waals surface area contributed by atoms with E-state index in [1.807, 2.05) is 12.1 Å². The number of furan rings is 2. The van der Waals surface area contributed by atoms with E-state index in [0.29, 0.717) is 27.3 Å². The van der Waals surface area contributed by atoms with E-state index in [0.717, 1.165) is 5.56 Å². The minimum atomic E-state index is 0.129. The molecule has 2 heterocycles. The predicted molar refractivity (Wildman–Crippen MR) is 101 cm³/mol. The van der Waals surface area contributed by atoms with E-state index in [9.17, 15) is 0 Å². The van der Waals surface area contributed by atoms with Gasteiger partial charge >= 0.3 is 0 Å². The molecule has 5 nitrogen and oxygen atoms in total. The van der Waals surface area contributed by atoms with Gasteiger partial charge in [0.15, 0.2) is 0 Å². The third-order valence-electron chi connectivity index (χ3n) is 3.10. The first kappa shape index (κ1) is 17.5. The third-order valence-corrected chi connectivity index (χ3v) is 4.05. The molecular weight excluding hydrogens is 383 g/mol. The number of nitrogens with one attached hydrogen (secondary N) is 1. The summed E-state index contributed by atoms with van der Waals surface area (Å²) in [7, 11) is 0. The van der Waals surface area contributed by atoms with Crippen LogP contribution in [-0.2, 0) is 11.3 Å². The van der Waals surface area contributed by atoms with Gasteiger partial charge in [-0.1, -0.05) is 23.2 Å². The standard InChI is InChI=1S/C17H12Cl2N2O3S/c18-14-5-3-11(8-15(14)19)16-6-4-12(24-16)9-20-21-17(25)23-10-13-2-1-7-22-13/h1-9H,10H2,(H,21,25). The quantitative estimate of drug-likeness (QED) is 0.362. The van der Waals surface area contributed by atoms with Crippen LogP contribution in [0.5, 0.6) is 0 Å². The van der Waals surface area contributed by atoms with Gasteiger partial charge in [-0.25, -0.2) is 5.43 Å². The van der Waals surface area contributed by atoms with Crippen molar-refractivity contribution >= 4 is 46.8 Å². The predicted octanol–water partition coefficient (Wildman–Crippen LogP) is 5.27. The van der Waals surface area contributed by atoms with Crippen molar-refractivity contribution in [3.05, 3.63) is 70.3 Å². The maximum Gasteiger partial charge on any atom is 0.277 e. The lowest BCUT2D eigenvalue weighted by atomic mass is 10.2. The lowest BCUT2D eigenvalue weighted by Gasteiger charge is -2.03. The first-order valence-corrected chi connectivity index (χ1v) is 8.32. The molecule has 0 atom stereocenters. The van der Waals surface area contributed by atoms with Crippen LogP contribution in [-0.4, -0.2) is 11.4 Å². The molecule has 128 valence electrons. The molecule has 1 aromatic carbocycles. The van der Waals surface area contributed by atoms with Crippen LogP contribution in [0.4, 0.5) is 0 Å². The van der Waals surface area contributed by atoms with Gasteiger partial charge in [0.05, 0.1) is 22.5 Å². The number of halogens is 2. The summed E-state index contributed by atoms with van der Waals surface area (Å²) in [4.78, 5) is 0. The lowest BCUT2D eigenvalue weighted by Crippen LogP contribution is -2.18. The zero-order valence-electron chi connectivity index (χ0n) is 12.7. The molecule has 0 amide bonds. The van der Waals surface area contributed by atoms with Crippen LogP contribution in [0, 0.1) is 0 Å². The largest absolute Gasteiger partial charge is 0.466 e. The molecule has 0 unspecified atom stereocenters. The number of nitrogens with zero attached hydrogens (tertiary/aromatic N) is 1. The summed E-state index contributed by atoms with van der Waals surface area (Å²) in [6.07, 6.45) is 3.05. The van der Waals surface area contributed by atoms with Crippen LogP contribution in [0.1, 0.15) is 11.5 Å². The minimum absolute atomic E-state index is 0.129. The number of hydrazone groups is 1. The summed E-state index contributed by atoms with van der Waals surface area (Å²) >= 11 is 16.9. The third kappa shape index (κ3) is 4.85. The van der Waals surface area contributed by atoms with Gasteiger partial charge in [-0.2, -0.15) is 5.10 Å². The molecule has 0 radical (unpaired) electrons. The molecule has 0 aliphatic rings. The molecule has 8 heteroatoms. The van der Waals surface area contributed by atoms with Crippen LogP contribution in [0.2, 0.25) is 10.0 Å². The molecule has 3 rings (SSSR count). The number of rotatable bonds is 5. The zero-order chi connectivity index (χ0) is 17.6. The molecule has 0 saturated carbocycles. The highest BCUT2D eigenvalue weighted by atomic mass is 35.5. The second-order valence-electron chi connectivity index (χ2n) is 4.86. The summed E-state index contributed by atoms with van der Waals surface area (Å²) < 4.78 is 16.1. The van der Waals surface area contributed by atoms with E-state index in [2.05, 4.69) is 10.5 Å². The van der Waals surface area contributed by atoms with Gasteiger partial charge in [0.25, 0.3) is 5.17 Å². The van der Waals surface area contributed by atoms with Crippen molar-refractivity contribution in [1.29, 1.82) is 0 Å². The summed E-state index contributed by atoms with van der Waals surface area (Å²) in [6, 6.07) is 12.4. The molecule has 0 aliphatic heterocycles. The first-order valence-electron chi connectivity index (χ1n) is 7.15. The second kappa shape index (κ2) is 8.20. The normalized spacial score (nSPS) is 11.0. The summed E-state index contributed by atoms with van der Waals surface area (Å²) in [6.45, 7) is 0.233. The monoisotopic (exact) mass is 394 g/mol. The van der Waals surface area contributed by atoms with Crippen LogP contribution >= 0.6 is 35.4 Å². The number of ether oxygens (including phenoxy) is 1. The van der Waals surface area contributed by atoms with E-state index in [1.54, 1.807) is 36.6 Å². The van der Waals surface area contributed by atoms with E-state index < -0.39 is 0 Å². The average Bonchev–Trinajstić information content (AvgIpc) is 3.27. The van der Waals surface area contributed by atoms with Gasteiger partial charge in [-0.3, -0.25) is 0 Å². The molecule has 25 heavy (non-hydrogen) atoms. The maximum atomic E-state index is 6.01. The molecule has 0 saturated heterocycles. The van der Waals surface area contributed by atoms with Crippen LogP contribution < -0.4 is 5.43 Å². The van der Waals surface area contributed by atoms with Crippen molar-refractivity contribution in [2.75, 3.05) is 0 Å². The number of benzene rings is 1. The maximum absolute atomic E-state index is 6.01. The Morgan fingerprint density at radius 3 is 2.84 bits per heavy atom. The van der Waals surface area contributed by atoms with E-state index in [1.165, 1.54) is 6.21 Å². The Bertz CT molecular complexity index is 891. The van der Waals surface area contributed by atoms with E-state index >= 15 is 0 Å². The van der Waals surface area contributed by atoms with Crippen molar-refractivity contribution < 1.29 is 13.6 Å². The fourth-order valence-corrected chi connectivity index (χ4v) is 2.35. The Kier molecular flexibility index (Phi) is 5.75. The minimum Gasteiger partial charge on any atom is -0.466 e. The molecule has 0 aliphatic carbocycles. The van der Waals surface area contributed by atoms with Gasteiger partial charge in [-0.15, -0.1) is 0 Å². The second-order valence-corrected chi connectivity index (χ2v) is 6.04. The van der Waals surface area contributed by atoms with Gasteiger partial charge in [0.1, 0.15) is 23.9 Å². The first-order chi connectivity index (χ1) is 12.1. The fraction of sp³-hybridized carbons (Fsp3) is 0.0588. The van der Waals surface area contributed by atoms with Crippen LogP contribution in [0.15, 0.2) is 62.7 Å². The van der Waals surface area contributed by atoms with Crippen molar-refractivity contribution in [2.45, 2.75) is 6.61 Å². The Morgan fingerprint density at radius 2 is 2.08 bits per heavy atom. The summed E-state index contributed by atoms with van der Waals surface area (Å²) in [5.74, 6) is 1.87. The molecule has 1 N–H and O–H groups in total. The van der Waals surface area contributed by atoms with Crippen molar-refractivity contribution in [3.63, 3.8) is 0 Å². The van der Waals surface area contributed by atoms with Gasteiger partial charge in [0, 0.05) is 5.56 Å². The molecule has 0 bridgehead atoms. The average molecular weight is 395 g/mol. The van der Waals surface area contributed by atoms with Gasteiger partial charge in [0.2, 0.25) is 0 Å². The van der Waals surface area contributed by atoms with E-state index in [-0.39, 0.29) is 11.8 Å². The topological polar surface area (TPSA) is 59.9 Å². The van der Waals surface area contributed by atoms with Gasteiger partial charge < -0.3 is 13.6 Å². The Hall–Kier alpha value is -2.28. The Balaban J connectivity index is 1.54. The van der Waals surface area contributed by atoms with Gasteiger partial charge in [-0.05, 0) is 54.7 Å². The van der Waals surface area contributed by atoms with Crippen molar-refractivity contribution in [2.24, 2.45) is 5.10 Å².